The molecular weight excluding hydrogens is 455 g/mol. The number of nitrogens with zero attached hydrogens (tertiary/aromatic N) is 2. The van der Waals surface area contributed by atoms with Gasteiger partial charge in [0.2, 0.25) is 0 Å². The van der Waals surface area contributed by atoms with Crippen LogP contribution in [0.15, 0.2) is 4.99 Å². The number of guanidine groups is 1. The topological polar surface area (TPSA) is 83.0 Å². The van der Waals surface area contributed by atoms with Gasteiger partial charge < -0.3 is 15.4 Å². The fraction of sp³-hybridized carbons (Fsp3) is 0.938. The van der Waals surface area contributed by atoms with E-state index in [1.807, 2.05) is 0 Å². The van der Waals surface area contributed by atoms with Gasteiger partial charge in [0.25, 0.3) is 0 Å². The Morgan fingerprint density at radius 1 is 1.32 bits per heavy atom. The highest BCUT2D eigenvalue weighted by atomic mass is 127. The zero-order valence-electron chi connectivity index (χ0n) is 15.5. The standard InChI is InChI=1S/C16H32N4O3S.HI/c1-13(2)10-15(20-5-7-23-8-6-20)11-18-16(17-3)19-14-4-9-24(21,22)12-14;/h13-15H,4-12H2,1-3H3,(H2,17,18,19);1H. The molecule has 0 amide bonds. The second-order valence-corrected chi connectivity index (χ2v) is 9.36. The Kier molecular flexibility index (Phi) is 9.97. The van der Waals surface area contributed by atoms with Gasteiger partial charge in [-0.25, -0.2) is 8.42 Å². The van der Waals surface area contributed by atoms with E-state index in [2.05, 4.69) is 34.4 Å². The van der Waals surface area contributed by atoms with Crippen molar-refractivity contribution in [3.63, 3.8) is 0 Å². The first-order chi connectivity index (χ1) is 11.4. The number of hydrogen-bond donors (Lipinski definition) is 2. The van der Waals surface area contributed by atoms with Crippen LogP contribution in [0.1, 0.15) is 26.7 Å². The molecule has 9 heteroatoms. The number of nitrogens with one attached hydrogen (secondary N) is 2. The van der Waals surface area contributed by atoms with Crippen LogP contribution in [-0.4, -0.2) is 82.8 Å². The summed E-state index contributed by atoms with van der Waals surface area (Å²) in [4.78, 5) is 6.73. The highest BCUT2D eigenvalue weighted by molar-refractivity contribution is 14.0. The minimum atomic E-state index is -2.88. The number of ether oxygens (including phenoxy) is 1. The summed E-state index contributed by atoms with van der Waals surface area (Å²) < 4.78 is 28.6. The molecule has 2 rings (SSSR count). The van der Waals surface area contributed by atoms with Gasteiger partial charge >= 0.3 is 0 Å². The first kappa shape index (κ1) is 22.9. The monoisotopic (exact) mass is 488 g/mol. The van der Waals surface area contributed by atoms with Gasteiger partial charge in [0.15, 0.2) is 15.8 Å². The Bertz CT molecular complexity index is 521. The maximum Gasteiger partial charge on any atom is 0.191 e. The molecule has 0 aromatic heterocycles. The van der Waals surface area contributed by atoms with Crippen LogP contribution >= 0.6 is 24.0 Å². The van der Waals surface area contributed by atoms with Crippen molar-refractivity contribution in [2.45, 2.75) is 38.8 Å². The Labute approximate surface area is 169 Å². The van der Waals surface area contributed by atoms with E-state index in [4.69, 9.17) is 4.74 Å². The highest BCUT2D eigenvalue weighted by Gasteiger charge is 2.29. The first-order valence-corrected chi connectivity index (χ1v) is 10.7. The minimum Gasteiger partial charge on any atom is -0.379 e. The molecule has 25 heavy (non-hydrogen) atoms. The van der Waals surface area contributed by atoms with Crippen LogP contribution < -0.4 is 10.6 Å². The average Bonchev–Trinajstić information content (AvgIpc) is 2.89. The maximum atomic E-state index is 11.6. The number of halogens is 1. The molecular formula is C16H33IN4O3S. The van der Waals surface area contributed by atoms with Crippen molar-refractivity contribution >= 4 is 39.8 Å². The van der Waals surface area contributed by atoms with Gasteiger partial charge in [-0.2, -0.15) is 0 Å². The fourth-order valence-electron chi connectivity index (χ4n) is 3.36. The van der Waals surface area contributed by atoms with Gasteiger partial charge in [-0.05, 0) is 18.8 Å². The first-order valence-electron chi connectivity index (χ1n) is 8.89. The molecule has 2 fully saturated rings. The van der Waals surface area contributed by atoms with Gasteiger partial charge in [0.05, 0.1) is 24.7 Å². The molecule has 7 nitrogen and oxygen atoms in total. The number of aliphatic imine (C=N–C) groups is 1. The van der Waals surface area contributed by atoms with E-state index in [1.54, 1.807) is 7.05 Å². The third-order valence-electron chi connectivity index (χ3n) is 4.61. The lowest BCUT2D eigenvalue weighted by molar-refractivity contribution is 0.0132. The molecule has 2 heterocycles. The van der Waals surface area contributed by atoms with Crippen molar-refractivity contribution in [2.75, 3.05) is 51.4 Å². The molecule has 2 N–H and O–H groups in total. The molecule has 2 aliphatic rings. The lowest BCUT2D eigenvalue weighted by atomic mass is 10.0. The van der Waals surface area contributed by atoms with Crippen LogP contribution in [0.25, 0.3) is 0 Å². The number of morpholine rings is 1. The van der Waals surface area contributed by atoms with Crippen molar-refractivity contribution in [1.82, 2.24) is 15.5 Å². The normalized spacial score (nSPS) is 25.4. The molecule has 0 radical (unpaired) electrons. The third kappa shape index (κ3) is 7.96. The van der Waals surface area contributed by atoms with Crippen LogP contribution in [0.4, 0.5) is 0 Å². The van der Waals surface area contributed by atoms with Crippen LogP contribution in [0.2, 0.25) is 0 Å². The molecule has 0 saturated carbocycles. The SMILES string of the molecule is CN=C(NCC(CC(C)C)N1CCOCC1)NC1CCS(=O)(=O)C1.I. The third-order valence-corrected chi connectivity index (χ3v) is 6.38. The molecule has 0 bridgehead atoms. The van der Waals surface area contributed by atoms with Gasteiger partial charge in [-0.3, -0.25) is 9.89 Å². The van der Waals surface area contributed by atoms with E-state index in [0.29, 0.717) is 24.3 Å². The van der Waals surface area contributed by atoms with Crippen molar-refractivity contribution in [3.8, 4) is 0 Å². The van der Waals surface area contributed by atoms with Gasteiger partial charge in [-0.1, -0.05) is 13.8 Å². The summed E-state index contributed by atoms with van der Waals surface area (Å²) in [7, 11) is -1.15. The fourth-order valence-corrected chi connectivity index (χ4v) is 5.03. The second kappa shape index (κ2) is 10.9. The summed E-state index contributed by atoms with van der Waals surface area (Å²) in [5.41, 5.74) is 0. The molecule has 2 saturated heterocycles. The van der Waals surface area contributed by atoms with E-state index < -0.39 is 9.84 Å². The number of rotatable bonds is 6. The Balaban J connectivity index is 0.00000312. The zero-order valence-corrected chi connectivity index (χ0v) is 18.7. The van der Waals surface area contributed by atoms with Crippen LogP contribution in [0, 0.1) is 5.92 Å². The Morgan fingerprint density at radius 3 is 2.52 bits per heavy atom. The summed E-state index contributed by atoms with van der Waals surface area (Å²) in [6.45, 7) is 8.80. The molecule has 2 atom stereocenters. The molecule has 0 aliphatic carbocycles. The summed E-state index contributed by atoms with van der Waals surface area (Å²) in [5, 5.41) is 6.64. The van der Waals surface area contributed by atoms with Gasteiger partial charge in [0, 0.05) is 38.8 Å². The van der Waals surface area contributed by atoms with Crippen LogP contribution in [0.5, 0.6) is 0 Å². The number of sulfone groups is 1. The minimum absolute atomic E-state index is 0. The quantitative estimate of drug-likeness (QED) is 0.326. The maximum absolute atomic E-state index is 11.6. The largest absolute Gasteiger partial charge is 0.379 e. The summed E-state index contributed by atoms with van der Waals surface area (Å²) in [6.07, 6.45) is 1.77. The van der Waals surface area contributed by atoms with Crippen molar-refractivity contribution < 1.29 is 13.2 Å². The van der Waals surface area contributed by atoms with E-state index >= 15 is 0 Å². The second-order valence-electron chi connectivity index (χ2n) is 7.13. The smallest absolute Gasteiger partial charge is 0.191 e. The Morgan fingerprint density at radius 2 is 2.00 bits per heavy atom. The van der Waals surface area contributed by atoms with Crippen molar-refractivity contribution in [3.05, 3.63) is 0 Å². The molecule has 0 aromatic carbocycles. The van der Waals surface area contributed by atoms with Crippen molar-refractivity contribution in [1.29, 1.82) is 0 Å². The number of hydrogen-bond acceptors (Lipinski definition) is 5. The van der Waals surface area contributed by atoms with Gasteiger partial charge in [0.1, 0.15) is 0 Å². The zero-order chi connectivity index (χ0) is 17.6. The lowest BCUT2D eigenvalue weighted by Crippen LogP contribution is -2.52. The molecule has 148 valence electrons. The predicted molar refractivity (Wildman–Crippen MR) is 113 cm³/mol. The van der Waals surface area contributed by atoms with Gasteiger partial charge in [-0.15, -0.1) is 24.0 Å². The molecule has 0 spiro atoms. The summed E-state index contributed by atoms with van der Waals surface area (Å²) in [5.74, 6) is 1.78. The Hall–Kier alpha value is -0.130. The predicted octanol–water partition coefficient (Wildman–Crippen LogP) is 0.703. The van der Waals surface area contributed by atoms with E-state index in [9.17, 15) is 8.42 Å². The van der Waals surface area contributed by atoms with Crippen molar-refractivity contribution in [2.24, 2.45) is 10.9 Å². The molecule has 2 aliphatic heterocycles. The van der Waals surface area contributed by atoms with E-state index in [-0.39, 0.29) is 41.5 Å². The lowest BCUT2D eigenvalue weighted by Gasteiger charge is -2.36. The van der Waals surface area contributed by atoms with Crippen LogP contribution in [-0.2, 0) is 14.6 Å². The summed E-state index contributed by atoms with van der Waals surface area (Å²) in [6, 6.07) is 0.396. The summed E-state index contributed by atoms with van der Waals surface area (Å²) >= 11 is 0. The molecule has 0 aromatic rings. The molecule has 2 unspecified atom stereocenters. The average molecular weight is 488 g/mol. The highest BCUT2D eigenvalue weighted by Crippen LogP contribution is 2.13. The van der Waals surface area contributed by atoms with E-state index in [0.717, 1.165) is 39.3 Å². The van der Waals surface area contributed by atoms with E-state index in [1.165, 1.54) is 0 Å². The van der Waals surface area contributed by atoms with Crippen LogP contribution in [0.3, 0.4) is 0 Å².